The Morgan fingerprint density at radius 2 is 2.32 bits per heavy atom. The second kappa shape index (κ2) is 6.71. The molecular weight excluding hydrogens is 248 g/mol. The Balaban J connectivity index is 2.57. The van der Waals surface area contributed by atoms with Crippen molar-refractivity contribution in [1.82, 2.24) is 10.2 Å². The Morgan fingerprint density at radius 1 is 1.63 bits per heavy atom. The minimum atomic E-state index is -0.994. The summed E-state index contributed by atoms with van der Waals surface area (Å²) < 4.78 is 0. The number of allylic oxidation sites excluding steroid dienone is 1. The van der Waals surface area contributed by atoms with Gasteiger partial charge in [0.25, 0.3) is 0 Å². The van der Waals surface area contributed by atoms with Gasteiger partial charge in [-0.3, -0.25) is 19.7 Å². The van der Waals surface area contributed by atoms with E-state index in [-0.39, 0.29) is 13.0 Å². The van der Waals surface area contributed by atoms with Crippen molar-refractivity contribution in [2.45, 2.75) is 25.4 Å². The van der Waals surface area contributed by atoms with Crippen LogP contribution < -0.4 is 5.32 Å². The van der Waals surface area contributed by atoms with Gasteiger partial charge < -0.3 is 10.0 Å². The third-order valence-electron chi connectivity index (χ3n) is 2.96. The molecule has 1 rings (SSSR count). The number of terminal acetylenes is 1. The van der Waals surface area contributed by atoms with Crippen LogP contribution in [0, 0.1) is 12.3 Å². The van der Waals surface area contributed by atoms with E-state index in [2.05, 4.69) is 11.2 Å². The van der Waals surface area contributed by atoms with Crippen LogP contribution in [0.3, 0.4) is 0 Å². The van der Waals surface area contributed by atoms with E-state index < -0.39 is 29.6 Å². The molecule has 0 aromatic carbocycles. The monoisotopic (exact) mass is 264 g/mol. The van der Waals surface area contributed by atoms with Gasteiger partial charge in [-0.15, -0.1) is 6.42 Å². The van der Waals surface area contributed by atoms with Gasteiger partial charge >= 0.3 is 5.97 Å². The molecule has 2 atom stereocenters. The number of nitrogens with zero attached hydrogens (tertiary/aromatic N) is 1. The predicted molar refractivity (Wildman–Crippen MR) is 68.2 cm³/mol. The van der Waals surface area contributed by atoms with Gasteiger partial charge in [0.15, 0.2) is 0 Å². The summed E-state index contributed by atoms with van der Waals surface area (Å²) in [6, 6.07) is -1.33. The van der Waals surface area contributed by atoms with E-state index in [9.17, 15) is 14.4 Å². The molecule has 102 valence electrons. The van der Waals surface area contributed by atoms with E-state index in [1.165, 1.54) is 12.3 Å². The molecule has 1 unspecified atom stereocenters. The highest BCUT2D eigenvalue weighted by Crippen LogP contribution is 2.10. The number of carboxylic acid groups (broad SMARTS) is 1. The highest BCUT2D eigenvalue weighted by atomic mass is 16.4. The number of carbonyl (C=O) groups excluding carboxylic acids is 2. The third kappa shape index (κ3) is 3.93. The average molecular weight is 264 g/mol. The first-order chi connectivity index (χ1) is 8.97. The minimum Gasteiger partial charge on any atom is -0.480 e. The van der Waals surface area contributed by atoms with Crippen LogP contribution >= 0.6 is 0 Å². The van der Waals surface area contributed by atoms with Crippen molar-refractivity contribution in [2.75, 3.05) is 13.1 Å². The maximum absolute atomic E-state index is 11.5. The summed E-state index contributed by atoms with van der Waals surface area (Å²) in [5.74, 6) is 0.313. The smallest absolute Gasteiger partial charge is 0.320 e. The first-order valence-corrected chi connectivity index (χ1v) is 5.89. The van der Waals surface area contributed by atoms with E-state index >= 15 is 0 Å². The van der Waals surface area contributed by atoms with Crippen molar-refractivity contribution in [1.29, 1.82) is 0 Å². The first-order valence-electron chi connectivity index (χ1n) is 5.89. The number of aliphatic carboxylic acids is 1. The van der Waals surface area contributed by atoms with Gasteiger partial charge in [-0.1, -0.05) is 5.92 Å². The number of ketones is 2. The zero-order chi connectivity index (χ0) is 14.4. The van der Waals surface area contributed by atoms with E-state index in [0.29, 0.717) is 6.54 Å². The lowest BCUT2D eigenvalue weighted by Crippen LogP contribution is -2.45. The molecule has 19 heavy (non-hydrogen) atoms. The van der Waals surface area contributed by atoms with Crippen LogP contribution in [-0.2, 0) is 14.4 Å². The van der Waals surface area contributed by atoms with Crippen molar-refractivity contribution in [3.8, 4) is 12.3 Å². The maximum atomic E-state index is 11.5. The lowest BCUT2D eigenvalue weighted by atomic mass is 10.0. The van der Waals surface area contributed by atoms with Gasteiger partial charge in [-0.2, -0.15) is 0 Å². The Labute approximate surface area is 111 Å². The predicted octanol–water partition coefficient (Wildman–Crippen LogP) is -0.591. The molecule has 0 saturated carbocycles. The van der Waals surface area contributed by atoms with Gasteiger partial charge in [0.1, 0.15) is 6.04 Å². The molecule has 0 saturated heterocycles. The largest absolute Gasteiger partial charge is 0.480 e. The van der Waals surface area contributed by atoms with Gasteiger partial charge in [-0.05, 0) is 13.3 Å². The lowest BCUT2D eigenvalue weighted by Gasteiger charge is -2.29. The molecule has 6 nitrogen and oxygen atoms in total. The fourth-order valence-electron chi connectivity index (χ4n) is 1.77. The standard InChI is InChI=1S/C13H16N2O4/c1-3-6-14-10(13(18)19)4-7-15-8-5-11(16)12(17)9(15)2/h1,5,8-10,14H,4,6-7H2,2H3,(H,18,19)/t9?,10-/m1/s1. The summed E-state index contributed by atoms with van der Waals surface area (Å²) in [6.45, 7) is 2.14. The van der Waals surface area contributed by atoms with Crippen molar-refractivity contribution in [3.05, 3.63) is 12.3 Å². The molecule has 0 spiro atoms. The molecule has 0 aromatic rings. The summed E-state index contributed by atoms with van der Waals surface area (Å²) in [4.78, 5) is 35.3. The molecule has 6 heteroatoms. The van der Waals surface area contributed by atoms with Crippen molar-refractivity contribution in [3.63, 3.8) is 0 Å². The topological polar surface area (TPSA) is 86.7 Å². The van der Waals surface area contributed by atoms with Crippen LogP contribution in [0.4, 0.5) is 0 Å². The molecule has 2 N–H and O–H groups in total. The Bertz CT molecular complexity index is 450. The summed E-state index contributed by atoms with van der Waals surface area (Å²) >= 11 is 0. The van der Waals surface area contributed by atoms with E-state index in [1.807, 2.05) is 0 Å². The summed E-state index contributed by atoms with van der Waals surface area (Å²) in [6.07, 6.45) is 8.07. The second-order valence-corrected chi connectivity index (χ2v) is 4.22. The van der Waals surface area contributed by atoms with Crippen LogP contribution in [0.5, 0.6) is 0 Å². The normalized spacial score (nSPS) is 20.2. The molecule has 0 amide bonds. The summed E-state index contributed by atoms with van der Waals surface area (Å²) in [5, 5.41) is 11.7. The van der Waals surface area contributed by atoms with Gasteiger partial charge in [0, 0.05) is 18.8 Å². The molecule has 0 bridgehead atoms. The van der Waals surface area contributed by atoms with Crippen LogP contribution in [-0.4, -0.2) is 52.7 Å². The SMILES string of the molecule is C#CCN[C@H](CCN1C=CC(=O)C(=O)C1C)C(=O)O. The van der Waals surface area contributed by atoms with Crippen LogP contribution in [0.25, 0.3) is 0 Å². The van der Waals surface area contributed by atoms with E-state index in [4.69, 9.17) is 11.5 Å². The zero-order valence-electron chi connectivity index (χ0n) is 10.6. The van der Waals surface area contributed by atoms with Gasteiger partial charge in [-0.25, -0.2) is 0 Å². The second-order valence-electron chi connectivity index (χ2n) is 4.22. The fourth-order valence-corrected chi connectivity index (χ4v) is 1.77. The Morgan fingerprint density at radius 3 is 2.89 bits per heavy atom. The number of rotatable bonds is 6. The zero-order valence-corrected chi connectivity index (χ0v) is 10.6. The highest BCUT2D eigenvalue weighted by molar-refractivity contribution is 6.43. The number of carboxylic acids is 1. The van der Waals surface area contributed by atoms with Crippen LogP contribution in [0.1, 0.15) is 13.3 Å². The molecule has 0 fully saturated rings. The van der Waals surface area contributed by atoms with Crippen molar-refractivity contribution in [2.24, 2.45) is 0 Å². The average Bonchev–Trinajstić information content (AvgIpc) is 2.38. The van der Waals surface area contributed by atoms with Crippen molar-refractivity contribution >= 4 is 17.5 Å². The van der Waals surface area contributed by atoms with Gasteiger partial charge in [0.05, 0.1) is 12.6 Å². The van der Waals surface area contributed by atoms with Crippen molar-refractivity contribution < 1.29 is 19.5 Å². The van der Waals surface area contributed by atoms with Crippen LogP contribution in [0.15, 0.2) is 12.3 Å². The summed E-state index contributed by atoms with van der Waals surface area (Å²) in [5.41, 5.74) is 0. The van der Waals surface area contributed by atoms with Gasteiger partial charge in [0.2, 0.25) is 11.6 Å². The van der Waals surface area contributed by atoms with Crippen LogP contribution in [0.2, 0.25) is 0 Å². The molecule has 1 aliphatic rings. The number of hydrogen-bond donors (Lipinski definition) is 2. The molecule has 1 heterocycles. The first kappa shape index (κ1) is 14.9. The van der Waals surface area contributed by atoms with E-state index in [1.54, 1.807) is 11.8 Å². The number of nitrogens with one attached hydrogen (secondary N) is 1. The quantitative estimate of drug-likeness (QED) is 0.492. The molecule has 1 aliphatic heterocycles. The molecule has 0 radical (unpaired) electrons. The Hall–Kier alpha value is -2.13. The lowest BCUT2D eigenvalue weighted by molar-refractivity contribution is -0.140. The number of hydrogen-bond acceptors (Lipinski definition) is 5. The number of carbonyl (C=O) groups is 3. The third-order valence-corrected chi connectivity index (χ3v) is 2.96. The highest BCUT2D eigenvalue weighted by Gasteiger charge is 2.28. The molecule has 0 aromatic heterocycles. The molecule has 0 aliphatic carbocycles. The minimum absolute atomic E-state index is 0.166. The maximum Gasteiger partial charge on any atom is 0.320 e. The number of Topliss-reactive ketones (excluding diaryl/α,β-unsaturated/α-hetero) is 1. The molecular formula is C13H16N2O4. The van der Waals surface area contributed by atoms with E-state index in [0.717, 1.165) is 0 Å². The summed E-state index contributed by atoms with van der Waals surface area (Å²) in [7, 11) is 0. The fraction of sp³-hybridized carbons (Fsp3) is 0.462. The Kier molecular flexibility index (Phi) is 5.27.